The fourth-order valence-corrected chi connectivity index (χ4v) is 1.15. The summed E-state index contributed by atoms with van der Waals surface area (Å²) in [4.78, 5) is 22.0. The van der Waals surface area contributed by atoms with Crippen molar-refractivity contribution in [3.63, 3.8) is 0 Å². The summed E-state index contributed by atoms with van der Waals surface area (Å²) >= 11 is 0. The number of carboxylic acids is 1. The molecule has 3 N–H and O–H groups in total. The van der Waals surface area contributed by atoms with Gasteiger partial charge in [0.1, 0.15) is 12.1 Å². The van der Waals surface area contributed by atoms with E-state index in [2.05, 4.69) is 5.32 Å². The van der Waals surface area contributed by atoms with Crippen LogP contribution in [0, 0.1) is 5.92 Å². The van der Waals surface area contributed by atoms with E-state index in [1.165, 1.54) is 0 Å². The van der Waals surface area contributed by atoms with Gasteiger partial charge in [-0.25, -0.2) is 4.79 Å². The first kappa shape index (κ1) is 13.9. The Balaban J connectivity index is 4.29. The molecule has 0 aromatic heterocycles. The fourth-order valence-electron chi connectivity index (χ4n) is 1.15. The Morgan fingerprint density at radius 3 is 2.20 bits per heavy atom. The van der Waals surface area contributed by atoms with E-state index in [9.17, 15) is 14.7 Å². The molecule has 0 aromatic carbocycles. The highest BCUT2D eigenvalue weighted by atomic mass is 16.4. The zero-order valence-electron chi connectivity index (χ0n) is 9.36. The number of aliphatic carboxylic acids is 1. The van der Waals surface area contributed by atoms with Crippen molar-refractivity contribution < 1.29 is 19.8 Å². The molecule has 0 rings (SSSR count). The monoisotopic (exact) mass is 217 g/mol. The van der Waals surface area contributed by atoms with Gasteiger partial charge in [-0.15, -0.1) is 0 Å². The second-order valence-corrected chi connectivity index (χ2v) is 3.95. The van der Waals surface area contributed by atoms with Crippen LogP contribution in [-0.4, -0.2) is 34.2 Å². The molecule has 0 saturated heterocycles. The van der Waals surface area contributed by atoms with Crippen LogP contribution in [0.15, 0.2) is 0 Å². The number of aliphatic hydroxyl groups is 1. The second kappa shape index (κ2) is 6.40. The maximum atomic E-state index is 11.2. The van der Waals surface area contributed by atoms with Crippen LogP contribution in [0.2, 0.25) is 0 Å². The Hall–Kier alpha value is -1.10. The average molecular weight is 217 g/mol. The minimum absolute atomic E-state index is 0.171. The summed E-state index contributed by atoms with van der Waals surface area (Å²) in [5.74, 6) is -1.52. The van der Waals surface area contributed by atoms with E-state index >= 15 is 0 Å². The molecule has 0 heterocycles. The molecule has 2 atom stereocenters. The molecule has 0 fully saturated rings. The summed E-state index contributed by atoms with van der Waals surface area (Å²) in [6.45, 7) is 5.40. The number of carbonyl (C=O) groups excluding carboxylic acids is 1. The van der Waals surface area contributed by atoms with Gasteiger partial charge >= 0.3 is 5.97 Å². The van der Waals surface area contributed by atoms with Gasteiger partial charge in [0.05, 0.1) is 0 Å². The van der Waals surface area contributed by atoms with E-state index in [1.807, 2.05) is 13.8 Å². The van der Waals surface area contributed by atoms with E-state index < -0.39 is 24.0 Å². The van der Waals surface area contributed by atoms with Crippen molar-refractivity contribution >= 4 is 11.9 Å². The Morgan fingerprint density at radius 2 is 1.87 bits per heavy atom. The summed E-state index contributed by atoms with van der Waals surface area (Å²) in [6.07, 6.45) is -0.490. The molecule has 0 spiro atoms. The van der Waals surface area contributed by atoms with Gasteiger partial charge in [0, 0.05) is 0 Å². The molecule has 0 aromatic rings. The van der Waals surface area contributed by atoms with E-state index in [4.69, 9.17) is 5.11 Å². The predicted octanol–water partition coefficient (Wildman–Crippen LogP) is 0.373. The molecular formula is C10H19NO4. The van der Waals surface area contributed by atoms with E-state index in [0.29, 0.717) is 6.42 Å². The van der Waals surface area contributed by atoms with Gasteiger partial charge in [-0.3, -0.25) is 4.79 Å². The number of aliphatic hydroxyl groups excluding tert-OH is 1. The van der Waals surface area contributed by atoms with Gasteiger partial charge in [0.2, 0.25) is 5.91 Å². The molecule has 5 nitrogen and oxygen atoms in total. The third-order valence-corrected chi connectivity index (χ3v) is 2.01. The first-order chi connectivity index (χ1) is 6.88. The highest BCUT2D eigenvalue weighted by Gasteiger charge is 2.23. The first-order valence-electron chi connectivity index (χ1n) is 5.09. The lowest BCUT2D eigenvalue weighted by Crippen LogP contribution is -2.45. The molecule has 1 amide bonds. The highest BCUT2D eigenvalue weighted by molar-refractivity contribution is 5.86. The SMILES string of the molecule is CCC(O)C(=O)NC(CC(C)C)C(=O)O. The van der Waals surface area contributed by atoms with Crippen molar-refractivity contribution in [2.24, 2.45) is 5.92 Å². The second-order valence-electron chi connectivity index (χ2n) is 3.95. The summed E-state index contributed by atoms with van der Waals surface area (Å²) in [5, 5.41) is 20.3. The lowest BCUT2D eigenvalue weighted by molar-refractivity contribution is -0.143. The Kier molecular flexibility index (Phi) is 5.93. The predicted molar refractivity (Wildman–Crippen MR) is 55.3 cm³/mol. The minimum atomic E-state index is -1.13. The third kappa shape index (κ3) is 5.37. The zero-order chi connectivity index (χ0) is 12.0. The smallest absolute Gasteiger partial charge is 0.326 e. The summed E-state index contributed by atoms with van der Waals surface area (Å²) in [7, 11) is 0. The largest absolute Gasteiger partial charge is 0.480 e. The van der Waals surface area contributed by atoms with Crippen LogP contribution in [0.25, 0.3) is 0 Å². The molecule has 5 heteroatoms. The van der Waals surface area contributed by atoms with Crippen molar-refractivity contribution in [2.75, 3.05) is 0 Å². The molecule has 0 aliphatic carbocycles. The maximum absolute atomic E-state index is 11.2. The van der Waals surface area contributed by atoms with Gasteiger partial charge < -0.3 is 15.5 Å². The van der Waals surface area contributed by atoms with Gasteiger partial charge in [-0.05, 0) is 18.8 Å². The molecule has 0 radical (unpaired) electrons. The van der Waals surface area contributed by atoms with Gasteiger partial charge in [0.15, 0.2) is 0 Å². The van der Waals surface area contributed by atoms with Crippen LogP contribution in [0.5, 0.6) is 0 Å². The lowest BCUT2D eigenvalue weighted by Gasteiger charge is -2.18. The van der Waals surface area contributed by atoms with Gasteiger partial charge in [0.25, 0.3) is 0 Å². The normalized spacial score (nSPS) is 14.7. The Bertz CT molecular complexity index is 227. The number of carboxylic acid groups (broad SMARTS) is 1. The van der Waals surface area contributed by atoms with Crippen molar-refractivity contribution in [1.29, 1.82) is 0 Å². The Labute approximate surface area is 89.5 Å². The quantitative estimate of drug-likeness (QED) is 0.600. The average Bonchev–Trinajstić information content (AvgIpc) is 2.14. The first-order valence-corrected chi connectivity index (χ1v) is 5.09. The van der Waals surface area contributed by atoms with Crippen LogP contribution in [0.1, 0.15) is 33.6 Å². The summed E-state index contributed by atoms with van der Waals surface area (Å²) < 4.78 is 0. The van der Waals surface area contributed by atoms with Crippen molar-refractivity contribution in [3.8, 4) is 0 Å². The highest BCUT2D eigenvalue weighted by Crippen LogP contribution is 2.05. The number of rotatable bonds is 6. The number of carbonyl (C=O) groups is 2. The zero-order valence-corrected chi connectivity index (χ0v) is 9.36. The van der Waals surface area contributed by atoms with Crippen LogP contribution < -0.4 is 5.32 Å². The van der Waals surface area contributed by atoms with E-state index in [-0.39, 0.29) is 12.3 Å². The molecular weight excluding hydrogens is 198 g/mol. The molecule has 0 aliphatic rings. The Morgan fingerprint density at radius 1 is 1.33 bits per heavy atom. The third-order valence-electron chi connectivity index (χ3n) is 2.01. The van der Waals surface area contributed by atoms with E-state index in [1.54, 1.807) is 6.92 Å². The lowest BCUT2D eigenvalue weighted by atomic mass is 10.0. The molecule has 15 heavy (non-hydrogen) atoms. The van der Waals surface area contributed by atoms with Crippen LogP contribution >= 0.6 is 0 Å². The van der Waals surface area contributed by atoms with Crippen molar-refractivity contribution in [3.05, 3.63) is 0 Å². The molecule has 0 saturated carbocycles. The number of hydrogen-bond donors (Lipinski definition) is 3. The number of nitrogens with one attached hydrogen (secondary N) is 1. The number of amides is 1. The number of hydrogen-bond acceptors (Lipinski definition) is 3. The molecule has 0 aliphatic heterocycles. The molecule has 2 unspecified atom stereocenters. The summed E-state index contributed by atoms with van der Waals surface area (Å²) in [6, 6.07) is -0.918. The molecule has 0 bridgehead atoms. The van der Waals surface area contributed by atoms with Crippen LogP contribution in [0.3, 0.4) is 0 Å². The minimum Gasteiger partial charge on any atom is -0.480 e. The standard InChI is InChI=1S/C10H19NO4/c1-4-8(12)9(13)11-7(10(14)15)5-6(2)3/h6-8,12H,4-5H2,1-3H3,(H,11,13)(H,14,15). The summed E-state index contributed by atoms with van der Waals surface area (Å²) in [5.41, 5.74) is 0. The maximum Gasteiger partial charge on any atom is 0.326 e. The van der Waals surface area contributed by atoms with Crippen molar-refractivity contribution in [1.82, 2.24) is 5.32 Å². The van der Waals surface area contributed by atoms with E-state index in [0.717, 1.165) is 0 Å². The molecule has 88 valence electrons. The van der Waals surface area contributed by atoms with Crippen molar-refractivity contribution in [2.45, 2.75) is 45.8 Å². The van der Waals surface area contributed by atoms with Crippen LogP contribution in [0.4, 0.5) is 0 Å². The van der Waals surface area contributed by atoms with Crippen LogP contribution in [-0.2, 0) is 9.59 Å². The topological polar surface area (TPSA) is 86.6 Å². The van der Waals surface area contributed by atoms with Gasteiger partial charge in [-0.1, -0.05) is 20.8 Å². The fraction of sp³-hybridized carbons (Fsp3) is 0.800. The van der Waals surface area contributed by atoms with Gasteiger partial charge in [-0.2, -0.15) is 0 Å².